The van der Waals surface area contributed by atoms with Gasteiger partial charge in [-0.25, -0.2) is 9.59 Å². The van der Waals surface area contributed by atoms with Crippen LogP contribution < -0.4 is 15.6 Å². The van der Waals surface area contributed by atoms with E-state index in [0.717, 1.165) is 76.0 Å². The maximum absolute atomic E-state index is 14.0. The highest BCUT2D eigenvalue weighted by Gasteiger charge is 2.46. The lowest BCUT2D eigenvalue weighted by molar-refractivity contribution is -0.149. The molecule has 3 heterocycles. The van der Waals surface area contributed by atoms with Crippen molar-refractivity contribution in [2.24, 2.45) is 11.8 Å². The first-order valence-electron chi connectivity index (χ1n) is 15.7. The van der Waals surface area contributed by atoms with E-state index in [9.17, 15) is 24.3 Å². The zero-order valence-corrected chi connectivity index (χ0v) is 24.0. The average molecular weight is 580 g/mol. The van der Waals surface area contributed by atoms with Crippen molar-refractivity contribution in [2.75, 3.05) is 6.54 Å². The second-order valence-corrected chi connectivity index (χ2v) is 12.5. The topological polar surface area (TPSA) is 127 Å². The Labute approximate surface area is 245 Å². The Morgan fingerprint density at radius 3 is 2.43 bits per heavy atom. The van der Waals surface area contributed by atoms with Crippen LogP contribution in [0.5, 0.6) is 5.88 Å². The van der Waals surface area contributed by atoms with Gasteiger partial charge in [0.2, 0.25) is 5.91 Å². The maximum Gasteiger partial charge on any atom is 0.408 e. The molecule has 2 aliphatic carbocycles. The quantitative estimate of drug-likeness (QED) is 0.538. The van der Waals surface area contributed by atoms with E-state index in [0.29, 0.717) is 17.8 Å². The van der Waals surface area contributed by atoms with Crippen molar-refractivity contribution < 1.29 is 29.0 Å². The number of nitrogens with zero attached hydrogens (tertiary/aromatic N) is 2. The standard InChI is InChI=1S/C32H41N3O7/c36-29-24-14-6-5-12-22(24)17-27-34(29)16-7-1-2-9-20-13-8-15-26(20)42-32(40)33-28(21-10-3-4-11-21)30(37)35-19-23(41-27)18-25(35)31(38)39/h5-6,12,14,17,20-21,23,25-26,28H,1-4,7-11,13,15-16,18-19H2,(H,33,40)(H,38,39)/t20-,23-,25+,26-,28+/m1/s1. The molecule has 0 unspecified atom stereocenters. The molecular weight excluding hydrogens is 538 g/mol. The van der Waals surface area contributed by atoms with Gasteiger partial charge in [-0.05, 0) is 68.2 Å². The fraction of sp³-hybridized carbons (Fsp3) is 0.625. The molecule has 4 aliphatic rings. The molecule has 2 aromatic rings. The van der Waals surface area contributed by atoms with Crippen molar-refractivity contribution in [1.82, 2.24) is 14.8 Å². The van der Waals surface area contributed by atoms with Gasteiger partial charge in [0, 0.05) is 24.4 Å². The molecule has 2 aliphatic heterocycles. The van der Waals surface area contributed by atoms with Crippen LogP contribution >= 0.6 is 0 Å². The third kappa shape index (κ3) is 5.85. The predicted octanol–water partition coefficient (Wildman–Crippen LogP) is 4.46. The molecule has 0 radical (unpaired) electrons. The third-order valence-corrected chi connectivity index (χ3v) is 9.81. The molecule has 0 spiro atoms. The second-order valence-electron chi connectivity index (χ2n) is 12.5. The number of rotatable bonds is 2. The van der Waals surface area contributed by atoms with Crippen molar-refractivity contribution in [2.45, 2.75) is 108 Å². The summed E-state index contributed by atoms with van der Waals surface area (Å²) in [5, 5.41) is 14.4. The van der Waals surface area contributed by atoms with Crippen molar-refractivity contribution in [1.29, 1.82) is 0 Å². The Morgan fingerprint density at radius 1 is 0.881 bits per heavy atom. The molecule has 1 aromatic heterocycles. The van der Waals surface area contributed by atoms with Crippen LogP contribution in [0.15, 0.2) is 35.1 Å². The predicted molar refractivity (Wildman–Crippen MR) is 155 cm³/mol. The summed E-state index contributed by atoms with van der Waals surface area (Å²) in [7, 11) is 0. The number of ether oxygens (including phenoxy) is 2. The number of carbonyl (C=O) groups is 3. The summed E-state index contributed by atoms with van der Waals surface area (Å²) < 4.78 is 14.0. The largest absolute Gasteiger partial charge is 0.480 e. The minimum atomic E-state index is -1.11. The number of fused-ring (bicyclic) bond motifs is 5. The molecular formula is C32H41N3O7. The first-order valence-corrected chi connectivity index (χ1v) is 15.7. The Bertz CT molecular complexity index is 1380. The van der Waals surface area contributed by atoms with Gasteiger partial charge in [-0.2, -0.15) is 0 Å². The van der Waals surface area contributed by atoms with E-state index in [1.807, 2.05) is 30.3 Å². The summed E-state index contributed by atoms with van der Waals surface area (Å²) in [5.74, 6) is -0.924. The molecule has 2 amide bonds. The molecule has 10 heteroatoms. The molecule has 3 fully saturated rings. The highest BCUT2D eigenvalue weighted by molar-refractivity contribution is 5.90. The molecule has 2 saturated carbocycles. The molecule has 42 heavy (non-hydrogen) atoms. The first-order chi connectivity index (χ1) is 20.4. The number of pyridine rings is 1. The van der Waals surface area contributed by atoms with Gasteiger partial charge in [0.1, 0.15) is 24.3 Å². The Morgan fingerprint density at radius 2 is 1.62 bits per heavy atom. The molecule has 1 aromatic carbocycles. The van der Waals surface area contributed by atoms with Crippen LogP contribution in [0.3, 0.4) is 0 Å². The zero-order valence-electron chi connectivity index (χ0n) is 24.0. The van der Waals surface area contributed by atoms with Crippen molar-refractivity contribution in [3.63, 3.8) is 0 Å². The van der Waals surface area contributed by atoms with Crippen LogP contribution in [0.4, 0.5) is 4.79 Å². The van der Waals surface area contributed by atoms with Gasteiger partial charge in [0.25, 0.3) is 5.56 Å². The molecule has 6 rings (SSSR count). The number of nitrogens with one attached hydrogen (secondary N) is 1. The summed E-state index contributed by atoms with van der Waals surface area (Å²) in [5.41, 5.74) is -0.133. The van der Waals surface area contributed by atoms with Crippen LogP contribution in [0.2, 0.25) is 0 Å². The maximum atomic E-state index is 14.0. The van der Waals surface area contributed by atoms with Crippen LogP contribution in [0.25, 0.3) is 10.8 Å². The number of carboxylic acids is 1. The van der Waals surface area contributed by atoms with Crippen molar-refractivity contribution in [3.8, 4) is 5.88 Å². The van der Waals surface area contributed by atoms with E-state index >= 15 is 0 Å². The smallest absolute Gasteiger partial charge is 0.408 e. The second kappa shape index (κ2) is 12.4. The Hall–Kier alpha value is -3.56. The highest BCUT2D eigenvalue weighted by atomic mass is 16.6. The number of aromatic nitrogens is 1. The zero-order chi connectivity index (χ0) is 29.2. The number of hydrogen-bond acceptors (Lipinski definition) is 6. The fourth-order valence-corrected chi connectivity index (χ4v) is 7.61. The number of aliphatic carboxylic acids is 1. The molecule has 5 atom stereocenters. The summed E-state index contributed by atoms with van der Waals surface area (Å²) >= 11 is 0. The van der Waals surface area contributed by atoms with Gasteiger partial charge in [-0.3, -0.25) is 14.2 Å². The minimum absolute atomic E-state index is 0.0570. The normalized spacial score (nSPS) is 29.6. The Kier molecular flexibility index (Phi) is 8.40. The summed E-state index contributed by atoms with van der Waals surface area (Å²) in [6.07, 6.45) is 8.62. The molecule has 2 bridgehead atoms. The SMILES string of the molecule is O=C1N[C@@H](C2CCCC2)C(=O)N2C[C@@H](C[C@H]2C(=O)O)Oc2cc3ccccc3c(=O)n2CCCCC[C@@H]2CCC[C@H]2O1. The molecule has 2 N–H and O–H groups in total. The van der Waals surface area contributed by atoms with Gasteiger partial charge in [0.05, 0.1) is 6.54 Å². The summed E-state index contributed by atoms with van der Waals surface area (Å²) in [6, 6.07) is 7.29. The van der Waals surface area contributed by atoms with Crippen molar-refractivity contribution >= 4 is 28.7 Å². The van der Waals surface area contributed by atoms with Gasteiger partial charge in [0.15, 0.2) is 5.88 Å². The van der Waals surface area contributed by atoms with E-state index in [4.69, 9.17) is 9.47 Å². The van der Waals surface area contributed by atoms with Crippen molar-refractivity contribution in [3.05, 3.63) is 40.7 Å². The Balaban J connectivity index is 1.34. The number of alkyl carbamates (subject to hydrolysis) is 1. The van der Waals surface area contributed by atoms with Crippen LogP contribution in [0.1, 0.15) is 77.0 Å². The lowest BCUT2D eigenvalue weighted by atomic mass is 9.96. The van der Waals surface area contributed by atoms with Crippen LogP contribution in [-0.2, 0) is 20.9 Å². The summed E-state index contributed by atoms with van der Waals surface area (Å²) in [4.78, 5) is 54.5. The lowest BCUT2D eigenvalue weighted by Crippen LogP contribution is -2.55. The number of amides is 2. The van der Waals surface area contributed by atoms with E-state index in [1.54, 1.807) is 4.57 Å². The average Bonchev–Trinajstić information content (AvgIpc) is 3.74. The van der Waals surface area contributed by atoms with Gasteiger partial charge in [-0.15, -0.1) is 0 Å². The number of benzene rings is 1. The number of hydrogen-bond donors (Lipinski definition) is 2. The molecule has 226 valence electrons. The lowest BCUT2D eigenvalue weighted by Gasteiger charge is -2.31. The minimum Gasteiger partial charge on any atom is -0.480 e. The van der Waals surface area contributed by atoms with Crippen LogP contribution in [-0.4, -0.2) is 63.4 Å². The fourth-order valence-electron chi connectivity index (χ4n) is 7.61. The van der Waals surface area contributed by atoms with E-state index < -0.39 is 36.2 Å². The van der Waals surface area contributed by atoms with E-state index in [2.05, 4.69) is 5.32 Å². The van der Waals surface area contributed by atoms with E-state index in [-0.39, 0.29) is 36.5 Å². The monoisotopic (exact) mass is 579 g/mol. The third-order valence-electron chi connectivity index (χ3n) is 9.81. The van der Waals surface area contributed by atoms with Gasteiger partial charge in [-0.1, -0.05) is 43.9 Å². The summed E-state index contributed by atoms with van der Waals surface area (Å²) in [6.45, 7) is 0.537. The number of carboxylic acid groups (broad SMARTS) is 1. The number of carbonyl (C=O) groups excluding carboxylic acids is 2. The van der Waals surface area contributed by atoms with E-state index in [1.165, 1.54) is 4.90 Å². The molecule has 10 nitrogen and oxygen atoms in total. The van der Waals surface area contributed by atoms with Gasteiger partial charge >= 0.3 is 12.1 Å². The van der Waals surface area contributed by atoms with Crippen LogP contribution in [0, 0.1) is 11.8 Å². The first kappa shape index (κ1) is 28.6. The van der Waals surface area contributed by atoms with Gasteiger partial charge < -0.3 is 24.8 Å². The highest BCUT2D eigenvalue weighted by Crippen LogP contribution is 2.34. The molecule has 1 saturated heterocycles.